The van der Waals surface area contributed by atoms with Gasteiger partial charge in [0.25, 0.3) is 0 Å². The Balaban J connectivity index is 5.10. The van der Waals surface area contributed by atoms with E-state index in [0.29, 0.717) is 13.2 Å². The van der Waals surface area contributed by atoms with Crippen molar-refractivity contribution in [2.75, 3.05) is 55.5 Å². The molecule has 0 rings (SSSR count). The topological polar surface area (TPSA) is 90.6 Å². The average molecular weight is 384 g/mol. The predicted molar refractivity (Wildman–Crippen MR) is 95.3 cm³/mol. The third kappa shape index (κ3) is 6.30. The molecule has 0 aliphatic carbocycles. The average Bonchev–Trinajstić information content (AvgIpc) is 2.59. The molecule has 0 aromatic heterocycles. The molecule has 0 unspecified atom stereocenters. The molecular formula is C14H33NO7Si2. The number of ether oxygens (including phenoxy) is 1. The van der Waals surface area contributed by atoms with Crippen LogP contribution in [0.4, 0.5) is 0 Å². The maximum atomic E-state index is 5.72. The van der Waals surface area contributed by atoms with Crippen molar-refractivity contribution in [1.29, 1.82) is 0 Å². The second-order valence-corrected chi connectivity index (χ2v) is 11.8. The Morgan fingerprint density at radius 2 is 1.46 bits per heavy atom. The Labute approximate surface area is 147 Å². The van der Waals surface area contributed by atoms with E-state index in [4.69, 9.17) is 37.0 Å². The van der Waals surface area contributed by atoms with Gasteiger partial charge < -0.3 is 37.0 Å². The van der Waals surface area contributed by atoms with Crippen LogP contribution in [-0.4, -0.2) is 73.1 Å². The highest BCUT2D eigenvalue weighted by atomic mass is 28.4. The zero-order valence-electron chi connectivity index (χ0n) is 15.9. The summed E-state index contributed by atoms with van der Waals surface area (Å²) in [6.45, 7) is 5.10. The van der Waals surface area contributed by atoms with E-state index in [1.54, 1.807) is 41.2 Å². The minimum absolute atomic E-state index is 0.0695. The van der Waals surface area contributed by atoms with E-state index in [1.165, 1.54) is 0 Å². The second kappa shape index (κ2) is 11.5. The van der Waals surface area contributed by atoms with E-state index in [9.17, 15) is 0 Å². The third-order valence-corrected chi connectivity index (χ3v) is 9.30. The van der Waals surface area contributed by atoms with Crippen LogP contribution in [0.3, 0.4) is 0 Å². The molecular weight excluding hydrogens is 350 g/mol. The van der Waals surface area contributed by atoms with Gasteiger partial charge in [0.1, 0.15) is 6.79 Å². The Morgan fingerprint density at radius 1 is 0.917 bits per heavy atom. The smallest absolute Gasteiger partial charge is 0.376 e. The summed E-state index contributed by atoms with van der Waals surface area (Å²) in [5.41, 5.74) is 7.21. The zero-order valence-corrected chi connectivity index (χ0v) is 17.9. The maximum absolute atomic E-state index is 5.72. The molecule has 0 fully saturated rings. The molecule has 10 heteroatoms. The van der Waals surface area contributed by atoms with Gasteiger partial charge in [-0.15, -0.1) is 0 Å². The van der Waals surface area contributed by atoms with Gasteiger partial charge in [-0.1, -0.05) is 19.9 Å². The Kier molecular flexibility index (Phi) is 11.4. The van der Waals surface area contributed by atoms with Crippen LogP contribution in [0.2, 0.25) is 5.04 Å². The number of hydrogen-bond donors (Lipinski definition) is 1. The summed E-state index contributed by atoms with van der Waals surface area (Å²) >= 11 is 0. The molecule has 8 nitrogen and oxygen atoms in total. The summed E-state index contributed by atoms with van der Waals surface area (Å²) in [7, 11) is 1.91. The highest BCUT2D eigenvalue weighted by molar-refractivity contribution is 6.67. The molecule has 0 saturated heterocycles. The molecule has 0 saturated carbocycles. The second-order valence-electron chi connectivity index (χ2n) is 5.55. The summed E-state index contributed by atoms with van der Waals surface area (Å²) < 4.78 is 38.8. The summed E-state index contributed by atoms with van der Waals surface area (Å²) in [6.07, 6.45) is 2.67. The first-order valence-corrected chi connectivity index (χ1v) is 11.2. The molecule has 2 N–H and O–H groups in total. The lowest BCUT2D eigenvalue weighted by atomic mass is 10.2. The van der Waals surface area contributed by atoms with Gasteiger partial charge in [0.05, 0.1) is 11.6 Å². The van der Waals surface area contributed by atoms with Gasteiger partial charge in [0.2, 0.25) is 0 Å². The molecule has 0 spiro atoms. The van der Waals surface area contributed by atoms with Crippen molar-refractivity contribution in [3.8, 4) is 0 Å². The van der Waals surface area contributed by atoms with Crippen LogP contribution in [0, 0.1) is 0 Å². The third-order valence-electron chi connectivity index (χ3n) is 3.70. The number of allylic oxidation sites excluding steroid dienone is 1. The van der Waals surface area contributed by atoms with Crippen molar-refractivity contribution in [3.63, 3.8) is 0 Å². The van der Waals surface area contributed by atoms with Crippen molar-refractivity contribution in [1.82, 2.24) is 0 Å². The minimum atomic E-state index is -3.01. The number of rotatable bonds is 14. The molecule has 0 heterocycles. The largest absolute Gasteiger partial charge is 0.530 e. The van der Waals surface area contributed by atoms with Gasteiger partial charge in [-0.3, -0.25) is 0 Å². The van der Waals surface area contributed by atoms with Gasteiger partial charge in [-0.05, 0) is 18.7 Å². The molecule has 0 aromatic carbocycles. The molecule has 0 aliphatic rings. The van der Waals surface area contributed by atoms with Crippen molar-refractivity contribution in [3.05, 3.63) is 11.8 Å². The molecule has 0 aromatic rings. The van der Waals surface area contributed by atoms with E-state index in [2.05, 4.69) is 0 Å². The lowest BCUT2D eigenvalue weighted by Gasteiger charge is -2.37. The lowest BCUT2D eigenvalue weighted by molar-refractivity contribution is -0.0279. The molecule has 0 atom stereocenters. The van der Waals surface area contributed by atoms with Crippen LogP contribution in [0.5, 0.6) is 0 Å². The van der Waals surface area contributed by atoms with Crippen LogP contribution < -0.4 is 5.73 Å². The van der Waals surface area contributed by atoms with E-state index in [1.807, 2.05) is 19.9 Å². The van der Waals surface area contributed by atoms with Gasteiger partial charge in [0, 0.05) is 35.5 Å². The Bertz CT molecular complexity index is 353. The predicted octanol–water partition coefficient (Wildman–Crippen LogP) is 1.31. The van der Waals surface area contributed by atoms with Crippen LogP contribution in [0.1, 0.15) is 20.3 Å². The van der Waals surface area contributed by atoms with E-state index in [0.717, 1.165) is 6.42 Å². The quantitative estimate of drug-likeness (QED) is 0.273. The molecule has 0 bridgehead atoms. The fourth-order valence-electron chi connectivity index (χ4n) is 2.21. The van der Waals surface area contributed by atoms with E-state index >= 15 is 0 Å². The van der Waals surface area contributed by atoms with Crippen molar-refractivity contribution in [2.45, 2.75) is 25.3 Å². The van der Waals surface area contributed by atoms with Crippen LogP contribution >= 0.6 is 0 Å². The van der Waals surface area contributed by atoms with E-state index in [-0.39, 0.29) is 6.79 Å². The summed E-state index contributed by atoms with van der Waals surface area (Å²) in [5.74, 6) is 0. The SMILES string of the molecule is CO[Si](C=CC(C)(C)[Si](OC)(OC)OC)(OC)OCOCCCN. The number of hydrogen-bond acceptors (Lipinski definition) is 8. The monoisotopic (exact) mass is 383 g/mol. The summed E-state index contributed by atoms with van der Waals surface area (Å²) in [6, 6.07) is 0. The van der Waals surface area contributed by atoms with Gasteiger partial charge in [-0.25, -0.2) is 0 Å². The van der Waals surface area contributed by atoms with Crippen LogP contribution in [0.15, 0.2) is 11.8 Å². The molecule has 144 valence electrons. The first-order valence-electron chi connectivity index (χ1n) is 7.70. The lowest BCUT2D eigenvalue weighted by Crippen LogP contribution is -2.52. The Hall–Kier alpha value is -0.146. The maximum Gasteiger partial charge on any atom is 0.530 e. The fraction of sp³-hybridized carbons (Fsp3) is 0.857. The van der Waals surface area contributed by atoms with Crippen LogP contribution in [0.25, 0.3) is 0 Å². The van der Waals surface area contributed by atoms with Gasteiger partial charge in [0.15, 0.2) is 0 Å². The zero-order chi connectivity index (χ0) is 18.7. The Morgan fingerprint density at radius 3 is 1.88 bits per heavy atom. The normalized spacial score (nSPS) is 13.8. The van der Waals surface area contributed by atoms with Gasteiger partial charge in [-0.2, -0.15) is 0 Å². The first-order chi connectivity index (χ1) is 11.3. The fourth-order valence-corrected chi connectivity index (χ4v) is 6.38. The standard InChI is InChI=1S/C14H33NO7Si2/c1-14(2,24(18-5,19-6)20-7)9-12-23(16-3,17-4)22-13-21-11-8-10-15/h9,12H,8,10-11,13,15H2,1-7H3. The first kappa shape index (κ1) is 23.9. The highest BCUT2D eigenvalue weighted by Gasteiger charge is 2.53. The van der Waals surface area contributed by atoms with Gasteiger partial charge >= 0.3 is 17.6 Å². The van der Waals surface area contributed by atoms with E-state index < -0.39 is 22.6 Å². The molecule has 0 aliphatic heterocycles. The van der Waals surface area contributed by atoms with Crippen molar-refractivity contribution >= 4 is 17.6 Å². The minimum Gasteiger partial charge on any atom is -0.376 e. The van der Waals surface area contributed by atoms with Crippen molar-refractivity contribution < 1.29 is 31.3 Å². The highest BCUT2D eigenvalue weighted by Crippen LogP contribution is 2.40. The van der Waals surface area contributed by atoms with Crippen molar-refractivity contribution in [2.24, 2.45) is 5.73 Å². The number of nitrogens with two attached hydrogens (primary N) is 1. The summed E-state index contributed by atoms with van der Waals surface area (Å²) in [4.78, 5) is 0. The van der Waals surface area contributed by atoms with Crippen LogP contribution in [-0.2, 0) is 31.3 Å². The molecule has 0 radical (unpaired) electrons. The summed E-state index contributed by atoms with van der Waals surface area (Å²) in [5, 5.41) is -0.510. The molecule has 0 amide bonds. The molecule has 24 heavy (non-hydrogen) atoms.